The molecular formula is C13H16FNO5S. The number of hydrogen-bond acceptors (Lipinski definition) is 4. The number of rotatable bonds is 5. The van der Waals surface area contributed by atoms with Crippen LogP contribution in [-0.4, -0.2) is 37.2 Å². The number of carboxylic acids is 1. The highest BCUT2D eigenvalue weighted by Crippen LogP contribution is 2.24. The summed E-state index contributed by atoms with van der Waals surface area (Å²) in [5.74, 6) is -3.12. The van der Waals surface area contributed by atoms with Gasteiger partial charge in [0.1, 0.15) is 11.1 Å². The van der Waals surface area contributed by atoms with Crippen molar-refractivity contribution in [3.05, 3.63) is 29.1 Å². The van der Waals surface area contributed by atoms with Crippen molar-refractivity contribution in [3.63, 3.8) is 0 Å². The lowest BCUT2D eigenvalue weighted by atomic mass is 10.1. The molecule has 2 N–H and O–H groups in total. The van der Waals surface area contributed by atoms with Gasteiger partial charge in [-0.15, -0.1) is 0 Å². The molecule has 1 atom stereocenters. The molecule has 1 rings (SSSR count). The average molecular weight is 317 g/mol. The summed E-state index contributed by atoms with van der Waals surface area (Å²) in [5.41, 5.74) is -0.698. The van der Waals surface area contributed by atoms with Gasteiger partial charge in [0.05, 0.1) is 10.5 Å². The molecule has 0 aliphatic carbocycles. The van der Waals surface area contributed by atoms with Gasteiger partial charge in [0, 0.05) is 12.1 Å². The zero-order chi connectivity index (χ0) is 16.4. The van der Waals surface area contributed by atoms with Crippen molar-refractivity contribution in [3.8, 4) is 0 Å². The predicted molar refractivity (Wildman–Crippen MR) is 73.4 cm³/mol. The van der Waals surface area contributed by atoms with E-state index in [1.54, 1.807) is 6.92 Å². The van der Waals surface area contributed by atoms with Crippen LogP contribution in [0.5, 0.6) is 0 Å². The molecular weight excluding hydrogens is 301 g/mol. The Morgan fingerprint density at radius 3 is 2.43 bits per heavy atom. The topological polar surface area (TPSA) is 101 Å². The Hall–Kier alpha value is -1.96. The fourth-order valence-electron chi connectivity index (χ4n) is 1.72. The summed E-state index contributed by atoms with van der Waals surface area (Å²) >= 11 is 0. The highest BCUT2D eigenvalue weighted by molar-refractivity contribution is 7.92. The summed E-state index contributed by atoms with van der Waals surface area (Å²) in [7, 11) is -4.18. The van der Waals surface area contributed by atoms with Gasteiger partial charge in [-0.3, -0.25) is 4.79 Å². The van der Waals surface area contributed by atoms with Crippen LogP contribution in [0.4, 0.5) is 4.39 Å². The molecule has 8 heteroatoms. The molecule has 0 spiro atoms. The molecule has 0 fully saturated rings. The number of nitrogens with one attached hydrogen (secondary N) is 1. The first-order valence-electron chi connectivity index (χ1n) is 6.18. The second-order valence-electron chi connectivity index (χ2n) is 4.47. The van der Waals surface area contributed by atoms with Crippen molar-refractivity contribution < 1.29 is 27.5 Å². The molecule has 0 saturated carbocycles. The third kappa shape index (κ3) is 3.38. The number of aromatic carboxylic acids is 1. The molecule has 0 bridgehead atoms. The number of carbonyl (C=O) groups excluding carboxylic acids is 1. The minimum absolute atomic E-state index is 0.212. The largest absolute Gasteiger partial charge is 0.478 e. The standard InChI is InChI=1S/C13H16FNO5S/c1-4-15-12(16)8(3)21(19,20)11-6-9(13(17)18)5-10(14)7(11)2/h5-6,8H,4H2,1-3H3,(H,15,16)(H,17,18). The Morgan fingerprint density at radius 2 is 1.95 bits per heavy atom. The van der Waals surface area contributed by atoms with Gasteiger partial charge >= 0.3 is 5.97 Å². The number of sulfone groups is 1. The Labute approximate surface area is 121 Å². The molecule has 0 radical (unpaired) electrons. The van der Waals surface area contributed by atoms with E-state index in [0.29, 0.717) is 0 Å². The smallest absolute Gasteiger partial charge is 0.335 e. The normalized spacial score (nSPS) is 12.8. The van der Waals surface area contributed by atoms with Gasteiger partial charge in [-0.2, -0.15) is 0 Å². The minimum atomic E-state index is -4.18. The van der Waals surface area contributed by atoms with Gasteiger partial charge in [0.2, 0.25) is 5.91 Å². The highest BCUT2D eigenvalue weighted by Gasteiger charge is 2.32. The molecule has 6 nitrogen and oxygen atoms in total. The van der Waals surface area contributed by atoms with Gasteiger partial charge in [0.25, 0.3) is 0 Å². The first-order valence-corrected chi connectivity index (χ1v) is 7.72. The van der Waals surface area contributed by atoms with Crippen LogP contribution in [0.2, 0.25) is 0 Å². The average Bonchev–Trinajstić information content (AvgIpc) is 2.40. The summed E-state index contributed by atoms with van der Waals surface area (Å²) in [6.45, 7) is 4.28. The van der Waals surface area contributed by atoms with Crippen LogP contribution in [-0.2, 0) is 14.6 Å². The predicted octanol–water partition coefficient (Wildman–Crippen LogP) is 1.13. The highest BCUT2D eigenvalue weighted by atomic mass is 32.2. The fraction of sp³-hybridized carbons (Fsp3) is 0.385. The van der Waals surface area contributed by atoms with Crippen molar-refractivity contribution in [1.82, 2.24) is 5.32 Å². The van der Waals surface area contributed by atoms with E-state index in [-0.39, 0.29) is 12.1 Å². The summed E-state index contributed by atoms with van der Waals surface area (Å²) in [5, 5.41) is 9.80. The Morgan fingerprint density at radius 1 is 1.38 bits per heavy atom. The van der Waals surface area contributed by atoms with E-state index in [9.17, 15) is 22.4 Å². The Balaban J connectivity index is 3.44. The molecule has 21 heavy (non-hydrogen) atoms. The number of carboxylic acid groups (broad SMARTS) is 1. The molecule has 1 aromatic carbocycles. The second kappa shape index (κ2) is 6.21. The molecule has 0 saturated heterocycles. The van der Waals surface area contributed by atoms with Crippen molar-refractivity contribution in [2.75, 3.05) is 6.54 Å². The van der Waals surface area contributed by atoms with E-state index in [1.807, 2.05) is 0 Å². The van der Waals surface area contributed by atoms with E-state index in [4.69, 9.17) is 5.11 Å². The first-order chi connectivity index (χ1) is 9.62. The van der Waals surface area contributed by atoms with Crippen LogP contribution in [0.25, 0.3) is 0 Å². The summed E-state index contributed by atoms with van der Waals surface area (Å²) < 4.78 is 38.5. The quantitative estimate of drug-likeness (QED) is 0.848. The molecule has 0 aliphatic rings. The van der Waals surface area contributed by atoms with Crippen LogP contribution in [0.3, 0.4) is 0 Å². The van der Waals surface area contributed by atoms with Gasteiger partial charge in [-0.1, -0.05) is 0 Å². The maximum atomic E-state index is 13.7. The van der Waals surface area contributed by atoms with Crippen LogP contribution in [0.1, 0.15) is 29.8 Å². The molecule has 1 amide bonds. The van der Waals surface area contributed by atoms with Gasteiger partial charge in [-0.25, -0.2) is 17.6 Å². The minimum Gasteiger partial charge on any atom is -0.478 e. The number of hydrogen-bond donors (Lipinski definition) is 2. The maximum absolute atomic E-state index is 13.7. The summed E-state index contributed by atoms with van der Waals surface area (Å²) in [6.07, 6.45) is 0. The molecule has 116 valence electrons. The van der Waals surface area contributed by atoms with E-state index < -0.39 is 43.2 Å². The van der Waals surface area contributed by atoms with E-state index >= 15 is 0 Å². The van der Waals surface area contributed by atoms with Crippen LogP contribution in [0, 0.1) is 12.7 Å². The lowest BCUT2D eigenvalue weighted by Gasteiger charge is -2.15. The number of carbonyl (C=O) groups is 2. The third-order valence-electron chi connectivity index (χ3n) is 3.04. The number of amides is 1. The summed E-state index contributed by atoms with van der Waals surface area (Å²) in [6, 6.07) is 1.61. The van der Waals surface area contributed by atoms with Gasteiger partial charge in [-0.05, 0) is 32.9 Å². The SMILES string of the molecule is CCNC(=O)C(C)S(=O)(=O)c1cc(C(=O)O)cc(F)c1C. The van der Waals surface area contributed by atoms with Crippen LogP contribution in [0.15, 0.2) is 17.0 Å². The first kappa shape index (κ1) is 17.1. The zero-order valence-corrected chi connectivity index (χ0v) is 12.6. The van der Waals surface area contributed by atoms with Gasteiger partial charge < -0.3 is 10.4 Å². The molecule has 0 heterocycles. The van der Waals surface area contributed by atoms with Crippen molar-refractivity contribution >= 4 is 21.7 Å². The van der Waals surface area contributed by atoms with E-state index in [1.165, 1.54) is 13.8 Å². The molecule has 0 aromatic heterocycles. The summed E-state index contributed by atoms with van der Waals surface area (Å²) in [4.78, 5) is 22.1. The maximum Gasteiger partial charge on any atom is 0.335 e. The fourth-order valence-corrected chi connectivity index (χ4v) is 3.28. The van der Waals surface area contributed by atoms with E-state index in [0.717, 1.165) is 12.1 Å². The van der Waals surface area contributed by atoms with Gasteiger partial charge in [0.15, 0.2) is 9.84 Å². The lowest BCUT2D eigenvalue weighted by molar-refractivity contribution is -0.120. The molecule has 1 unspecified atom stereocenters. The second-order valence-corrected chi connectivity index (χ2v) is 6.71. The van der Waals surface area contributed by atoms with Crippen molar-refractivity contribution in [2.24, 2.45) is 0 Å². The van der Waals surface area contributed by atoms with Crippen molar-refractivity contribution in [1.29, 1.82) is 0 Å². The third-order valence-corrected chi connectivity index (χ3v) is 5.22. The van der Waals surface area contributed by atoms with Crippen LogP contribution < -0.4 is 5.32 Å². The molecule has 1 aromatic rings. The number of benzene rings is 1. The Bertz CT molecular complexity index is 684. The number of halogens is 1. The molecule has 0 aliphatic heterocycles. The van der Waals surface area contributed by atoms with Crippen LogP contribution >= 0.6 is 0 Å². The zero-order valence-electron chi connectivity index (χ0n) is 11.8. The van der Waals surface area contributed by atoms with E-state index in [2.05, 4.69) is 5.32 Å². The Kier molecular flexibility index (Phi) is 5.06. The monoisotopic (exact) mass is 317 g/mol. The lowest BCUT2D eigenvalue weighted by Crippen LogP contribution is -2.38. The van der Waals surface area contributed by atoms with Crippen molar-refractivity contribution in [2.45, 2.75) is 30.9 Å².